The molecule has 6 nitrogen and oxygen atoms in total. The molecule has 0 spiro atoms. The van der Waals surface area contributed by atoms with Crippen LogP contribution >= 0.6 is 11.3 Å². The molecule has 1 aliphatic rings. The molecule has 1 N–H and O–H groups in total. The van der Waals surface area contributed by atoms with Crippen LogP contribution in [0.1, 0.15) is 26.5 Å². The summed E-state index contributed by atoms with van der Waals surface area (Å²) in [5.41, 5.74) is 5.24. The molecule has 2 aromatic carbocycles. The van der Waals surface area contributed by atoms with E-state index < -0.39 is 0 Å². The molecule has 1 amide bonds. The van der Waals surface area contributed by atoms with Gasteiger partial charge in [0, 0.05) is 18.5 Å². The zero-order valence-electron chi connectivity index (χ0n) is 18.3. The van der Waals surface area contributed by atoms with Crippen LogP contribution in [0.4, 0.5) is 11.4 Å². The third-order valence-corrected chi connectivity index (χ3v) is 6.94. The number of carbonyl (C=O) groups is 1. The summed E-state index contributed by atoms with van der Waals surface area (Å²) in [5, 5.41) is 8.87. The van der Waals surface area contributed by atoms with Gasteiger partial charge in [0.05, 0.1) is 41.7 Å². The first kappa shape index (κ1) is 20.7. The van der Waals surface area contributed by atoms with Crippen LogP contribution in [0.5, 0.6) is 0 Å². The van der Waals surface area contributed by atoms with Gasteiger partial charge < -0.3 is 15.0 Å². The second kappa shape index (κ2) is 8.76. The Kier molecular flexibility index (Phi) is 5.68. The highest BCUT2D eigenvalue weighted by atomic mass is 32.1. The molecule has 0 bridgehead atoms. The largest absolute Gasteiger partial charge is 0.378 e. The first-order valence-corrected chi connectivity index (χ1v) is 11.7. The molecule has 1 aliphatic heterocycles. The van der Waals surface area contributed by atoms with Crippen molar-refractivity contribution in [3.63, 3.8) is 0 Å². The number of aromatic nitrogens is 2. The van der Waals surface area contributed by atoms with Gasteiger partial charge in [0.25, 0.3) is 5.91 Å². The zero-order valence-corrected chi connectivity index (χ0v) is 19.1. The van der Waals surface area contributed by atoms with Crippen molar-refractivity contribution in [2.24, 2.45) is 0 Å². The first-order chi connectivity index (χ1) is 15.6. The summed E-state index contributed by atoms with van der Waals surface area (Å²) in [6, 6.07) is 18.4. The number of morpholine rings is 1. The van der Waals surface area contributed by atoms with Crippen molar-refractivity contribution in [2.75, 3.05) is 36.5 Å². The molecule has 3 heterocycles. The lowest BCUT2D eigenvalue weighted by Gasteiger charge is -2.30. The van der Waals surface area contributed by atoms with Gasteiger partial charge in [-0.15, -0.1) is 11.3 Å². The van der Waals surface area contributed by atoms with Crippen molar-refractivity contribution in [1.82, 2.24) is 9.78 Å². The molecule has 4 aromatic rings. The van der Waals surface area contributed by atoms with Gasteiger partial charge in [0.2, 0.25) is 0 Å². The summed E-state index contributed by atoms with van der Waals surface area (Å²) in [6.45, 7) is 7.82. The molecule has 2 aromatic heterocycles. The predicted molar refractivity (Wildman–Crippen MR) is 130 cm³/mol. The van der Waals surface area contributed by atoms with Crippen LogP contribution in [0.15, 0.2) is 54.6 Å². The average Bonchev–Trinajstić information content (AvgIpc) is 3.38. The lowest BCUT2D eigenvalue weighted by Crippen LogP contribution is -2.36. The van der Waals surface area contributed by atoms with E-state index in [-0.39, 0.29) is 5.91 Å². The Hall–Kier alpha value is -3.16. The molecule has 0 saturated carbocycles. The maximum atomic E-state index is 13.2. The summed E-state index contributed by atoms with van der Waals surface area (Å²) >= 11 is 1.49. The number of amides is 1. The fourth-order valence-corrected chi connectivity index (χ4v) is 5.10. The number of ether oxygens (including phenoxy) is 1. The van der Waals surface area contributed by atoms with Gasteiger partial charge in [0.1, 0.15) is 4.83 Å². The minimum absolute atomic E-state index is 0.0896. The molecule has 0 aliphatic carbocycles. The molecule has 1 saturated heterocycles. The smallest absolute Gasteiger partial charge is 0.265 e. The molecule has 7 heteroatoms. The number of carbonyl (C=O) groups excluding carboxylic acids is 1. The quantitative estimate of drug-likeness (QED) is 0.476. The Morgan fingerprint density at radius 1 is 1.09 bits per heavy atom. The first-order valence-electron chi connectivity index (χ1n) is 10.8. The molecule has 5 rings (SSSR count). The number of nitrogens with one attached hydrogen (secondary N) is 1. The Morgan fingerprint density at radius 3 is 2.62 bits per heavy atom. The topological polar surface area (TPSA) is 59.4 Å². The van der Waals surface area contributed by atoms with Crippen LogP contribution in [0.25, 0.3) is 10.2 Å². The monoisotopic (exact) mass is 446 g/mol. The third kappa shape index (κ3) is 4.13. The number of anilines is 2. The highest BCUT2D eigenvalue weighted by molar-refractivity contribution is 7.20. The lowest BCUT2D eigenvalue weighted by molar-refractivity contribution is 0.103. The standard InChI is InChI=1S/C25H26N4O2S/c1-17-7-9-19(10-8-17)16-29-25-20(18(2)27-29)15-23(32-25)24(30)26-21-5-3-4-6-22(21)28-11-13-31-14-12-28/h3-10,15H,11-14,16H2,1-2H3,(H,26,30). The van der Waals surface area contributed by atoms with Crippen molar-refractivity contribution >= 4 is 38.8 Å². The van der Waals surface area contributed by atoms with Gasteiger partial charge in [0.15, 0.2) is 0 Å². The average molecular weight is 447 g/mol. The van der Waals surface area contributed by atoms with Gasteiger partial charge in [-0.05, 0) is 37.6 Å². The summed E-state index contributed by atoms with van der Waals surface area (Å²) < 4.78 is 7.47. The number of para-hydroxylation sites is 2. The van der Waals surface area contributed by atoms with Crippen LogP contribution in [0.2, 0.25) is 0 Å². The van der Waals surface area contributed by atoms with Crippen LogP contribution in [0, 0.1) is 13.8 Å². The minimum Gasteiger partial charge on any atom is -0.378 e. The molecule has 0 atom stereocenters. The molecule has 0 unspecified atom stereocenters. The SMILES string of the molecule is Cc1ccc(Cn2nc(C)c3cc(C(=O)Nc4ccccc4N4CCOCC4)sc32)cc1. The number of hydrogen-bond acceptors (Lipinski definition) is 5. The van der Waals surface area contributed by atoms with Gasteiger partial charge in [-0.3, -0.25) is 9.48 Å². The van der Waals surface area contributed by atoms with E-state index in [2.05, 4.69) is 47.5 Å². The highest BCUT2D eigenvalue weighted by Gasteiger charge is 2.19. The Labute approximate surface area is 191 Å². The summed E-state index contributed by atoms with van der Waals surface area (Å²) in [7, 11) is 0. The van der Waals surface area contributed by atoms with Crippen LogP contribution in [0.3, 0.4) is 0 Å². The summed E-state index contributed by atoms with van der Waals surface area (Å²) in [5.74, 6) is -0.0896. The summed E-state index contributed by atoms with van der Waals surface area (Å²) in [4.78, 5) is 17.1. The maximum absolute atomic E-state index is 13.2. The van der Waals surface area contributed by atoms with E-state index in [1.165, 1.54) is 22.5 Å². The number of thiophene rings is 1. The third-order valence-electron chi connectivity index (χ3n) is 5.79. The van der Waals surface area contributed by atoms with E-state index in [1.807, 2.05) is 35.9 Å². The highest BCUT2D eigenvalue weighted by Crippen LogP contribution is 2.31. The Balaban J connectivity index is 1.40. The molecule has 164 valence electrons. The number of nitrogens with zero attached hydrogens (tertiary/aromatic N) is 3. The van der Waals surface area contributed by atoms with Crippen LogP contribution < -0.4 is 10.2 Å². The summed E-state index contributed by atoms with van der Waals surface area (Å²) in [6.07, 6.45) is 0. The minimum atomic E-state index is -0.0896. The molecule has 0 radical (unpaired) electrons. The van der Waals surface area contributed by atoms with Crippen molar-refractivity contribution < 1.29 is 9.53 Å². The number of rotatable bonds is 5. The molecular weight excluding hydrogens is 420 g/mol. The van der Waals surface area contributed by atoms with Gasteiger partial charge in [-0.25, -0.2) is 0 Å². The van der Waals surface area contributed by atoms with Gasteiger partial charge in [-0.2, -0.15) is 5.10 Å². The fraction of sp³-hybridized carbons (Fsp3) is 0.280. The lowest BCUT2D eigenvalue weighted by atomic mass is 10.1. The second-order valence-electron chi connectivity index (χ2n) is 8.13. The number of hydrogen-bond donors (Lipinski definition) is 1. The maximum Gasteiger partial charge on any atom is 0.265 e. The molecule has 1 fully saturated rings. The molecular formula is C25H26N4O2S. The van der Waals surface area contributed by atoms with Crippen molar-refractivity contribution in [2.45, 2.75) is 20.4 Å². The van der Waals surface area contributed by atoms with E-state index in [4.69, 9.17) is 9.84 Å². The van der Waals surface area contributed by atoms with Crippen molar-refractivity contribution in [1.29, 1.82) is 0 Å². The number of benzene rings is 2. The number of fused-ring (bicyclic) bond motifs is 1. The fourth-order valence-electron chi connectivity index (χ4n) is 4.04. The van der Waals surface area contributed by atoms with E-state index >= 15 is 0 Å². The predicted octanol–water partition coefficient (Wildman–Crippen LogP) is 4.85. The van der Waals surface area contributed by atoms with E-state index in [9.17, 15) is 4.79 Å². The second-order valence-corrected chi connectivity index (χ2v) is 9.16. The van der Waals surface area contributed by atoms with Gasteiger partial charge in [-0.1, -0.05) is 42.0 Å². The normalized spacial score (nSPS) is 14.1. The molecule has 32 heavy (non-hydrogen) atoms. The zero-order chi connectivity index (χ0) is 22.1. The Morgan fingerprint density at radius 2 is 1.84 bits per heavy atom. The van der Waals surface area contributed by atoms with Crippen molar-refractivity contribution in [3.8, 4) is 0 Å². The van der Waals surface area contributed by atoms with Crippen molar-refractivity contribution in [3.05, 3.63) is 76.3 Å². The van der Waals surface area contributed by atoms with Crippen LogP contribution in [-0.2, 0) is 11.3 Å². The van der Waals surface area contributed by atoms with E-state index in [0.717, 1.165) is 40.4 Å². The van der Waals surface area contributed by atoms with E-state index in [0.29, 0.717) is 24.6 Å². The number of aryl methyl sites for hydroxylation is 2. The van der Waals surface area contributed by atoms with Crippen LogP contribution in [-0.4, -0.2) is 42.0 Å². The van der Waals surface area contributed by atoms with Gasteiger partial charge >= 0.3 is 0 Å². The van der Waals surface area contributed by atoms with E-state index in [1.54, 1.807) is 0 Å². The Bertz CT molecular complexity index is 1250.